The Morgan fingerprint density at radius 3 is 2.31 bits per heavy atom. The van der Waals surface area contributed by atoms with Crippen LogP contribution in [-0.4, -0.2) is 27.0 Å². The number of aryl methyl sites for hydroxylation is 1. The van der Waals surface area contributed by atoms with Gasteiger partial charge in [0.25, 0.3) is 0 Å². The monoisotopic (exact) mass is 437 g/mol. The number of ether oxygens (including phenoxy) is 1. The number of benzene rings is 2. The summed E-state index contributed by atoms with van der Waals surface area (Å²) in [6.07, 6.45) is 3.91. The molecule has 3 aromatic rings. The van der Waals surface area contributed by atoms with Gasteiger partial charge in [0.2, 0.25) is 5.62 Å². The number of aliphatic hydroxyl groups excluding tert-OH is 1. The van der Waals surface area contributed by atoms with Crippen molar-refractivity contribution in [2.24, 2.45) is 0 Å². The van der Waals surface area contributed by atoms with Crippen molar-refractivity contribution in [3.05, 3.63) is 59.2 Å². The van der Waals surface area contributed by atoms with Gasteiger partial charge in [0.1, 0.15) is 18.5 Å². The van der Waals surface area contributed by atoms with Crippen LogP contribution >= 0.6 is 24.0 Å². The van der Waals surface area contributed by atoms with E-state index in [1.54, 1.807) is 24.3 Å². The molecule has 0 amide bonds. The van der Waals surface area contributed by atoms with Gasteiger partial charge in [-0.3, -0.25) is 5.41 Å². The van der Waals surface area contributed by atoms with Gasteiger partial charge >= 0.3 is 0 Å². The number of nitrogens with zero attached hydrogens (tertiary/aromatic N) is 2. The second-order valence-corrected chi connectivity index (χ2v) is 7.49. The van der Waals surface area contributed by atoms with Crippen molar-refractivity contribution >= 4 is 35.0 Å². The lowest BCUT2D eigenvalue weighted by Crippen LogP contribution is -2.31. The maximum Gasteiger partial charge on any atom is 0.203 e. The fourth-order valence-electron chi connectivity index (χ4n) is 3.39. The first-order chi connectivity index (χ1) is 13.6. The van der Waals surface area contributed by atoms with Gasteiger partial charge in [-0.2, -0.15) is 0 Å². The topological polar surface area (TPSA) is 63.2 Å². The number of aromatic nitrogens is 2. The van der Waals surface area contributed by atoms with Crippen LogP contribution in [0.25, 0.3) is 11.0 Å². The lowest BCUT2D eigenvalue weighted by molar-refractivity contribution is 0.0921. The molecule has 0 saturated carbocycles. The van der Waals surface area contributed by atoms with Gasteiger partial charge in [-0.1, -0.05) is 49.9 Å². The second-order valence-electron chi connectivity index (χ2n) is 7.05. The summed E-state index contributed by atoms with van der Waals surface area (Å²) in [5.41, 5.74) is 2.42. The maximum atomic E-state index is 10.5. The summed E-state index contributed by atoms with van der Waals surface area (Å²) in [5, 5.41) is 19.8. The average Bonchev–Trinajstić information content (AvgIpc) is 2.96. The Kier molecular flexibility index (Phi) is 9.08. The molecule has 158 valence electrons. The molecular formula is C22H29Cl2N3O2. The fourth-order valence-corrected chi connectivity index (χ4v) is 3.52. The Balaban J connectivity index is 0.00000300. The molecule has 0 aliphatic heterocycles. The summed E-state index contributed by atoms with van der Waals surface area (Å²) in [5.74, 6) is 0.665. The van der Waals surface area contributed by atoms with Crippen LogP contribution in [0.1, 0.15) is 32.6 Å². The van der Waals surface area contributed by atoms with E-state index in [-0.39, 0.29) is 19.0 Å². The molecule has 5 nitrogen and oxygen atoms in total. The number of halogens is 2. The predicted molar refractivity (Wildman–Crippen MR) is 120 cm³/mol. The molecule has 2 N–H and O–H groups in total. The third-order valence-electron chi connectivity index (χ3n) is 4.86. The minimum Gasteiger partial charge on any atom is -0.491 e. The number of nitrogens with one attached hydrogen (secondary N) is 1. The van der Waals surface area contributed by atoms with Crippen LogP contribution in [0.3, 0.4) is 0 Å². The molecule has 7 heteroatoms. The Hall–Kier alpha value is -1.95. The Labute approximate surface area is 182 Å². The summed E-state index contributed by atoms with van der Waals surface area (Å²) in [6, 6.07) is 15.1. The highest BCUT2D eigenvalue weighted by Crippen LogP contribution is 2.17. The first kappa shape index (κ1) is 23.3. The number of aliphatic hydroxyl groups is 1. The van der Waals surface area contributed by atoms with Gasteiger partial charge < -0.3 is 19.0 Å². The van der Waals surface area contributed by atoms with Gasteiger partial charge in [-0.05, 0) is 42.8 Å². The molecule has 1 heterocycles. The molecule has 0 aliphatic rings. The number of imidazole rings is 1. The molecule has 0 spiro atoms. The van der Waals surface area contributed by atoms with Crippen LogP contribution in [0.4, 0.5) is 0 Å². The van der Waals surface area contributed by atoms with Crippen LogP contribution in [0.5, 0.6) is 5.75 Å². The van der Waals surface area contributed by atoms with E-state index < -0.39 is 6.10 Å². The van der Waals surface area contributed by atoms with Gasteiger partial charge in [0, 0.05) is 11.6 Å². The van der Waals surface area contributed by atoms with Crippen molar-refractivity contribution in [3.8, 4) is 5.75 Å². The quantitative estimate of drug-likeness (QED) is 0.437. The molecule has 0 saturated heterocycles. The molecule has 0 aliphatic carbocycles. The minimum atomic E-state index is -0.718. The van der Waals surface area contributed by atoms with Crippen molar-refractivity contribution in [3.63, 3.8) is 0 Å². The summed E-state index contributed by atoms with van der Waals surface area (Å²) in [6.45, 7) is 3.49. The zero-order valence-electron chi connectivity index (χ0n) is 16.7. The van der Waals surface area contributed by atoms with Crippen LogP contribution in [-0.2, 0) is 13.1 Å². The molecular weight excluding hydrogens is 409 g/mol. The largest absolute Gasteiger partial charge is 0.491 e. The van der Waals surface area contributed by atoms with E-state index in [1.807, 2.05) is 33.4 Å². The van der Waals surface area contributed by atoms with Crippen molar-refractivity contribution in [1.82, 2.24) is 9.13 Å². The van der Waals surface area contributed by atoms with E-state index >= 15 is 0 Å². The number of para-hydroxylation sites is 2. The zero-order valence-corrected chi connectivity index (χ0v) is 18.3. The van der Waals surface area contributed by atoms with E-state index in [9.17, 15) is 5.11 Å². The van der Waals surface area contributed by atoms with E-state index in [1.165, 1.54) is 19.3 Å². The van der Waals surface area contributed by atoms with Gasteiger partial charge in [0.05, 0.1) is 17.6 Å². The SMILES string of the molecule is CCCCCCn1c(=N)n(CC(O)COc2ccc(Cl)cc2)c2ccccc21.Cl. The van der Waals surface area contributed by atoms with E-state index in [4.69, 9.17) is 21.7 Å². The molecule has 1 atom stereocenters. The zero-order chi connectivity index (χ0) is 19.9. The van der Waals surface area contributed by atoms with Crippen LogP contribution < -0.4 is 10.4 Å². The predicted octanol–water partition coefficient (Wildman–Crippen LogP) is 5.02. The number of fused-ring (bicyclic) bond motifs is 1. The summed E-state index contributed by atoms with van der Waals surface area (Å²) >= 11 is 5.88. The van der Waals surface area contributed by atoms with Crippen LogP contribution in [0.15, 0.2) is 48.5 Å². The molecule has 29 heavy (non-hydrogen) atoms. The lowest BCUT2D eigenvalue weighted by atomic mass is 10.2. The third-order valence-corrected chi connectivity index (χ3v) is 5.11. The highest BCUT2D eigenvalue weighted by Gasteiger charge is 2.14. The Bertz CT molecular complexity index is 951. The molecule has 1 aromatic heterocycles. The highest BCUT2D eigenvalue weighted by atomic mass is 35.5. The maximum absolute atomic E-state index is 10.5. The lowest BCUT2D eigenvalue weighted by Gasteiger charge is -2.14. The number of unbranched alkanes of at least 4 members (excludes halogenated alkanes) is 3. The van der Waals surface area contributed by atoms with E-state index in [2.05, 4.69) is 6.92 Å². The van der Waals surface area contributed by atoms with Crippen molar-refractivity contribution in [1.29, 1.82) is 5.41 Å². The number of rotatable bonds is 10. The molecule has 0 bridgehead atoms. The van der Waals surface area contributed by atoms with Crippen molar-refractivity contribution < 1.29 is 9.84 Å². The number of hydrogen-bond donors (Lipinski definition) is 2. The van der Waals surface area contributed by atoms with Gasteiger partial charge in [-0.25, -0.2) is 0 Å². The first-order valence-corrected chi connectivity index (χ1v) is 10.3. The smallest absolute Gasteiger partial charge is 0.203 e. The Morgan fingerprint density at radius 1 is 1.00 bits per heavy atom. The standard InChI is InChI=1S/C22H28ClN3O2.ClH/c1-2-3-4-7-14-25-20-8-5-6-9-21(20)26(22(25)24)15-18(27)16-28-19-12-10-17(23)11-13-19;/h5-6,8-13,18,24,27H,2-4,7,14-16H2,1H3;1H. The first-order valence-electron chi connectivity index (χ1n) is 9.89. The molecule has 3 rings (SSSR count). The molecule has 0 radical (unpaired) electrons. The number of hydrogen-bond acceptors (Lipinski definition) is 3. The minimum absolute atomic E-state index is 0. The van der Waals surface area contributed by atoms with Crippen molar-refractivity contribution in [2.45, 2.75) is 51.8 Å². The summed E-state index contributed by atoms with van der Waals surface area (Å²) < 4.78 is 9.56. The average molecular weight is 438 g/mol. The van der Waals surface area contributed by atoms with Crippen LogP contribution in [0.2, 0.25) is 5.02 Å². The molecule has 2 aromatic carbocycles. The van der Waals surface area contributed by atoms with Crippen LogP contribution in [0, 0.1) is 5.41 Å². The summed E-state index contributed by atoms with van der Waals surface area (Å²) in [4.78, 5) is 0. The summed E-state index contributed by atoms with van der Waals surface area (Å²) in [7, 11) is 0. The van der Waals surface area contributed by atoms with Gasteiger partial charge in [-0.15, -0.1) is 12.4 Å². The van der Waals surface area contributed by atoms with Gasteiger partial charge in [0.15, 0.2) is 0 Å². The normalized spacial score (nSPS) is 12.0. The Morgan fingerprint density at radius 2 is 1.66 bits per heavy atom. The van der Waals surface area contributed by atoms with E-state index in [0.29, 0.717) is 22.9 Å². The van der Waals surface area contributed by atoms with Crippen molar-refractivity contribution in [2.75, 3.05) is 6.61 Å². The molecule has 1 unspecified atom stereocenters. The third kappa shape index (κ3) is 6.01. The second kappa shape index (κ2) is 11.3. The fraction of sp³-hybridized carbons (Fsp3) is 0.409. The van der Waals surface area contributed by atoms with E-state index in [0.717, 1.165) is 24.0 Å². The highest BCUT2D eigenvalue weighted by molar-refractivity contribution is 6.30. The molecule has 0 fully saturated rings.